The summed E-state index contributed by atoms with van der Waals surface area (Å²) >= 11 is 7.83. The van der Waals surface area contributed by atoms with Crippen LogP contribution in [-0.4, -0.2) is 17.1 Å². The van der Waals surface area contributed by atoms with Crippen LogP contribution < -0.4 is 4.74 Å². The van der Waals surface area contributed by atoms with E-state index in [9.17, 15) is 0 Å². The molecule has 1 aromatic carbocycles. The van der Waals surface area contributed by atoms with E-state index in [1.54, 1.807) is 18.9 Å². The van der Waals surface area contributed by atoms with Crippen LogP contribution in [0.5, 0.6) is 5.75 Å². The maximum atomic E-state index is 6.26. The Labute approximate surface area is 135 Å². The standard InChI is InChI=1S/C16H19ClN2OS/c1-10-13(17)18-15(16(2,3)4)19-14(10)21-12-8-6-7-11(9-12)20-5/h6-9H,1-5H3. The molecule has 0 aliphatic carbocycles. The Hall–Kier alpha value is -1.26. The minimum atomic E-state index is -0.138. The van der Waals surface area contributed by atoms with Crippen LogP contribution in [0.25, 0.3) is 0 Å². The van der Waals surface area contributed by atoms with Gasteiger partial charge >= 0.3 is 0 Å². The normalized spacial score (nSPS) is 11.5. The Morgan fingerprint density at radius 2 is 1.90 bits per heavy atom. The van der Waals surface area contributed by atoms with E-state index in [1.807, 2.05) is 31.2 Å². The molecule has 0 aliphatic rings. The van der Waals surface area contributed by atoms with Gasteiger partial charge in [0.1, 0.15) is 21.8 Å². The summed E-state index contributed by atoms with van der Waals surface area (Å²) in [5, 5.41) is 1.40. The second-order valence-electron chi connectivity index (χ2n) is 5.80. The summed E-state index contributed by atoms with van der Waals surface area (Å²) in [6.45, 7) is 8.17. The summed E-state index contributed by atoms with van der Waals surface area (Å²) in [5.41, 5.74) is 0.763. The molecule has 0 saturated carbocycles. The fourth-order valence-electron chi connectivity index (χ4n) is 1.68. The number of ether oxygens (including phenoxy) is 1. The van der Waals surface area contributed by atoms with Gasteiger partial charge in [0.15, 0.2) is 0 Å². The van der Waals surface area contributed by atoms with Gasteiger partial charge in [-0.3, -0.25) is 0 Å². The molecular weight excluding hydrogens is 304 g/mol. The molecule has 2 rings (SSSR count). The maximum Gasteiger partial charge on any atom is 0.136 e. The van der Waals surface area contributed by atoms with Crippen molar-refractivity contribution >= 4 is 23.4 Å². The molecule has 0 bridgehead atoms. The number of rotatable bonds is 3. The fourth-order valence-corrected chi connectivity index (χ4v) is 2.83. The topological polar surface area (TPSA) is 35.0 Å². The Bertz CT molecular complexity index is 653. The average Bonchev–Trinajstić information content (AvgIpc) is 2.42. The van der Waals surface area contributed by atoms with Crippen molar-refractivity contribution in [2.75, 3.05) is 7.11 Å². The first-order chi connectivity index (χ1) is 9.81. The van der Waals surface area contributed by atoms with Gasteiger partial charge < -0.3 is 4.74 Å². The van der Waals surface area contributed by atoms with E-state index in [0.29, 0.717) is 5.15 Å². The Balaban J connectivity index is 2.41. The van der Waals surface area contributed by atoms with Crippen molar-refractivity contribution < 1.29 is 4.74 Å². The lowest BCUT2D eigenvalue weighted by atomic mass is 9.96. The Morgan fingerprint density at radius 1 is 1.19 bits per heavy atom. The van der Waals surface area contributed by atoms with Crippen LogP contribution in [-0.2, 0) is 5.41 Å². The fraction of sp³-hybridized carbons (Fsp3) is 0.375. The number of hydrogen-bond donors (Lipinski definition) is 0. The first kappa shape index (κ1) is 16.1. The summed E-state index contributed by atoms with van der Waals surface area (Å²) in [4.78, 5) is 10.1. The number of methoxy groups -OCH3 is 1. The van der Waals surface area contributed by atoms with E-state index in [-0.39, 0.29) is 5.41 Å². The van der Waals surface area contributed by atoms with Gasteiger partial charge in [-0.05, 0) is 25.1 Å². The van der Waals surface area contributed by atoms with E-state index < -0.39 is 0 Å². The van der Waals surface area contributed by atoms with Crippen molar-refractivity contribution in [1.29, 1.82) is 0 Å². The van der Waals surface area contributed by atoms with Crippen LogP contribution in [0.1, 0.15) is 32.2 Å². The van der Waals surface area contributed by atoms with Gasteiger partial charge in [-0.15, -0.1) is 0 Å². The number of benzene rings is 1. The molecule has 0 saturated heterocycles. The zero-order chi connectivity index (χ0) is 15.6. The van der Waals surface area contributed by atoms with Gasteiger partial charge in [0.25, 0.3) is 0 Å². The molecule has 0 atom stereocenters. The van der Waals surface area contributed by atoms with Crippen molar-refractivity contribution in [3.05, 3.63) is 40.8 Å². The molecule has 0 radical (unpaired) electrons. The molecule has 0 aliphatic heterocycles. The van der Waals surface area contributed by atoms with E-state index >= 15 is 0 Å². The minimum Gasteiger partial charge on any atom is -0.497 e. The van der Waals surface area contributed by atoms with E-state index in [2.05, 4.69) is 30.7 Å². The predicted octanol–water partition coefficient (Wildman–Crippen LogP) is 4.90. The predicted molar refractivity (Wildman–Crippen MR) is 87.6 cm³/mol. The van der Waals surface area contributed by atoms with Crippen LogP contribution >= 0.6 is 23.4 Å². The number of halogens is 1. The third-order valence-electron chi connectivity index (χ3n) is 2.97. The van der Waals surface area contributed by atoms with Gasteiger partial charge in [0.2, 0.25) is 0 Å². The summed E-state index contributed by atoms with van der Waals surface area (Å²) in [5.74, 6) is 1.58. The molecule has 0 amide bonds. The van der Waals surface area contributed by atoms with Crippen molar-refractivity contribution in [3.63, 3.8) is 0 Å². The molecular formula is C16H19ClN2OS. The number of hydrogen-bond acceptors (Lipinski definition) is 4. The molecule has 1 aromatic heterocycles. The lowest BCUT2D eigenvalue weighted by molar-refractivity contribution is 0.413. The van der Waals surface area contributed by atoms with Crippen LogP contribution in [0.15, 0.2) is 34.2 Å². The second-order valence-corrected chi connectivity index (χ2v) is 7.22. The number of nitrogens with zero attached hydrogens (tertiary/aromatic N) is 2. The highest BCUT2D eigenvalue weighted by atomic mass is 35.5. The molecule has 5 heteroatoms. The van der Waals surface area contributed by atoms with E-state index in [4.69, 9.17) is 16.3 Å². The van der Waals surface area contributed by atoms with Crippen molar-refractivity contribution in [1.82, 2.24) is 9.97 Å². The average molecular weight is 323 g/mol. The summed E-state index contributed by atoms with van der Waals surface area (Å²) < 4.78 is 5.25. The third-order valence-corrected chi connectivity index (χ3v) is 4.42. The highest BCUT2D eigenvalue weighted by Gasteiger charge is 2.21. The van der Waals surface area contributed by atoms with Crippen molar-refractivity contribution in [3.8, 4) is 5.75 Å². The van der Waals surface area contributed by atoms with Gasteiger partial charge in [0.05, 0.1) is 7.11 Å². The Kier molecular flexibility index (Phi) is 4.79. The largest absolute Gasteiger partial charge is 0.497 e. The quantitative estimate of drug-likeness (QED) is 0.753. The van der Waals surface area contributed by atoms with Crippen molar-refractivity contribution in [2.24, 2.45) is 0 Å². The maximum absolute atomic E-state index is 6.26. The molecule has 0 fully saturated rings. The number of aromatic nitrogens is 2. The molecule has 2 aromatic rings. The lowest BCUT2D eigenvalue weighted by Gasteiger charge is -2.18. The Morgan fingerprint density at radius 3 is 2.52 bits per heavy atom. The first-order valence-electron chi connectivity index (χ1n) is 6.68. The molecule has 3 nitrogen and oxygen atoms in total. The van der Waals surface area contributed by atoms with Gasteiger partial charge in [-0.1, -0.05) is 50.2 Å². The monoisotopic (exact) mass is 322 g/mol. The first-order valence-corrected chi connectivity index (χ1v) is 7.87. The van der Waals surface area contributed by atoms with Gasteiger partial charge in [0, 0.05) is 15.9 Å². The third kappa shape index (κ3) is 3.89. The van der Waals surface area contributed by atoms with Crippen LogP contribution in [0.3, 0.4) is 0 Å². The molecule has 0 unspecified atom stereocenters. The van der Waals surface area contributed by atoms with Gasteiger partial charge in [-0.25, -0.2) is 9.97 Å². The highest BCUT2D eigenvalue weighted by molar-refractivity contribution is 7.99. The second kappa shape index (κ2) is 6.24. The smallest absolute Gasteiger partial charge is 0.136 e. The molecule has 21 heavy (non-hydrogen) atoms. The van der Waals surface area contributed by atoms with Crippen LogP contribution in [0.4, 0.5) is 0 Å². The van der Waals surface area contributed by atoms with E-state index in [1.165, 1.54) is 0 Å². The summed E-state index contributed by atoms with van der Waals surface area (Å²) in [6, 6.07) is 7.89. The zero-order valence-corrected chi connectivity index (χ0v) is 14.5. The van der Waals surface area contributed by atoms with Gasteiger partial charge in [-0.2, -0.15) is 0 Å². The summed E-state index contributed by atoms with van der Waals surface area (Å²) in [7, 11) is 1.66. The molecule has 0 N–H and O–H groups in total. The zero-order valence-electron chi connectivity index (χ0n) is 12.9. The van der Waals surface area contributed by atoms with Crippen LogP contribution in [0.2, 0.25) is 5.15 Å². The van der Waals surface area contributed by atoms with Crippen LogP contribution in [0, 0.1) is 6.92 Å². The summed E-state index contributed by atoms with van der Waals surface area (Å²) in [6.07, 6.45) is 0. The van der Waals surface area contributed by atoms with E-state index in [0.717, 1.165) is 27.1 Å². The van der Waals surface area contributed by atoms with Crippen molar-refractivity contribution in [2.45, 2.75) is 43.0 Å². The molecule has 1 heterocycles. The highest BCUT2D eigenvalue weighted by Crippen LogP contribution is 2.34. The lowest BCUT2D eigenvalue weighted by Crippen LogP contribution is -2.17. The minimum absolute atomic E-state index is 0.138. The molecule has 112 valence electrons. The SMILES string of the molecule is COc1cccc(Sc2nc(C(C)(C)C)nc(Cl)c2C)c1. The molecule has 0 spiro atoms.